The minimum absolute atomic E-state index is 0.0276. The van der Waals surface area contributed by atoms with Crippen molar-refractivity contribution >= 4 is 72.0 Å². The summed E-state index contributed by atoms with van der Waals surface area (Å²) >= 11 is 0. The predicted molar refractivity (Wildman–Crippen MR) is 180 cm³/mol. The van der Waals surface area contributed by atoms with Crippen LogP contribution in [0, 0.1) is 0 Å². The van der Waals surface area contributed by atoms with Gasteiger partial charge >= 0.3 is 11.9 Å². The fourth-order valence-corrected chi connectivity index (χ4v) is 5.81. The number of aromatic hydroxyl groups is 2. The Kier molecular flexibility index (Phi) is 8.21. The van der Waals surface area contributed by atoms with Crippen molar-refractivity contribution in [3.8, 4) is 22.6 Å². The number of phenolic OH excluding ortho intramolecular Hbond substituents is 2. The van der Waals surface area contributed by atoms with Crippen molar-refractivity contribution in [1.82, 2.24) is 0 Å². The molecule has 6 aromatic rings. The maximum absolute atomic E-state index is 12.2. The van der Waals surface area contributed by atoms with Crippen molar-refractivity contribution in [2.75, 3.05) is 5.73 Å². The molecule has 0 bridgehead atoms. The molecule has 0 saturated heterocycles. The summed E-state index contributed by atoms with van der Waals surface area (Å²) in [5.41, 5.74) is 5.18. The molecule has 0 fully saturated rings. The topological polar surface area (TPSA) is 245 Å². The van der Waals surface area contributed by atoms with Gasteiger partial charge in [-0.25, -0.2) is 9.59 Å². The fraction of sp³-hybridized carbons (Fsp3) is 0. The molecule has 0 aliphatic carbocycles. The number of phenols is 2. The van der Waals surface area contributed by atoms with Gasteiger partial charge in [0, 0.05) is 16.5 Å². The van der Waals surface area contributed by atoms with E-state index in [9.17, 15) is 43.0 Å². The summed E-state index contributed by atoms with van der Waals surface area (Å²) in [6, 6.07) is 23.7. The average molecular weight is 678 g/mol. The number of fused-ring (bicyclic) bond motifs is 2. The van der Waals surface area contributed by atoms with Crippen LogP contribution in [0.3, 0.4) is 0 Å². The lowest BCUT2D eigenvalue weighted by Gasteiger charge is -2.10. The van der Waals surface area contributed by atoms with Gasteiger partial charge in [-0.3, -0.25) is 4.55 Å². The molecule has 7 N–H and O–H groups in total. The molecule has 15 heteroatoms. The second kappa shape index (κ2) is 12.5. The third-order valence-corrected chi connectivity index (χ3v) is 8.41. The van der Waals surface area contributed by atoms with Crippen molar-refractivity contribution in [2.45, 2.75) is 4.90 Å². The normalized spacial score (nSPS) is 11.9. The monoisotopic (exact) mass is 677 g/mol. The van der Waals surface area contributed by atoms with Crippen LogP contribution in [-0.4, -0.2) is 45.3 Å². The number of carboxylic acid groups (broad SMARTS) is 2. The standard InChI is InChI=1S/C34H23N5O9S/c35-21-8-9-23-20(13-21)16-29(49(46,47)48)30(32(23)41)39-37-27-11-7-19(15-25(27)34(44)45)18-6-10-26(24(14-18)33(42)43)36-38-28-12-5-17-3-1-2-4-22(17)31(28)40/h1-16,40-41H,35H2,(H,42,43)(H,44,45)(H,46,47,48). The van der Waals surface area contributed by atoms with Crippen molar-refractivity contribution in [3.05, 3.63) is 108 Å². The quantitative estimate of drug-likeness (QED) is 0.0513. The fourth-order valence-electron chi connectivity index (χ4n) is 5.15. The van der Waals surface area contributed by atoms with Gasteiger partial charge in [-0.1, -0.05) is 42.5 Å². The highest BCUT2D eigenvalue weighted by atomic mass is 32.2. The van der Waals surface area contributed by atoms with Crippen molar-refractivity contribution < 1.29 is 43.0 Å². The molecule has 0 aromatic heterocycles. The van der Waals surface area contributed by atoms with Gasteiger partial charge in [-0.2, -0.15) is 8.42 Å². The molecule has 0 aliphatic rings. The second-order valence-corrected chi connectivity index (χ2v) is 12.0. The summed E-state index contributed by atoms with van der Waals surface area (Å²) in [7, 11) is -4.93. The minimum atomic E-state index is -4.93. The summed E-state index contributed by atoms with van der Waals surface area (Å²) in [6.07, 6.45) is 0. The lowest BCUT2D eigenvalue weighted by atomic mass is 9.99. The molecule has 0 radical (unpaired) electrons. The summed E-state index contributed by atoms with van der Waals surface area (Å²) in [6.45, 7) is 0. The zero-order chi connectivity index (χ0) is 35.0. The number of carbonyl (C=O) groups is 2. The molecule has 0 aliphatic heterocycles. The van der Waals surface area contributed by atoms with Gasteiger partial charge in [0.15, 0.2) is 11.5 Å². The Hall–Kier alpha value is -6.71. The molecular formula is C34H23N5O9S. The van der Waals surface area contributed by atoms with Crippen LogP contribution in [0.2, 0.25) is 0 Å². The van der Waals surface area contributed by atoms with Crippen LogP contribution < -0.4 is 5.73 Å². The highest BCUT2D eigenvalue weighted by molar-refractivity contribution is 7.86. The lowest BCUT2D eigenvalue weighted by molar-refractivity contribution is 0.0686. The average Bonchev–Trinajstić information content (AvgIpc) is 3.07. The number of hydrogen-bond donors (Lipinski definition) is 6. The number of carboxylic acids is 2. The number of benzene rings is 6. The number of nitrogens with zero attached hydrogens (tertiary/aromatic N) is 4. The molecule has 6 aromatic carbocycles. The lowest BCUT2D eigenvalue weighted by Crippen LogP contribution is -2.00. The van der Waals surface area contributed by atoms with Crippen LogP contribution in [0.1, 0.15) is 20.7 Å². The van der Waals surface area contributed by atoms with Crippen LogP contribution in [0.4, 0.5) is 28.4 Å². The van der Waals surface area contributed by atoms with Crippen LogP contribution in [0.15, 0.2) is 122 Å². The van der Waals surface area contributed by atoms with E-state index < -0.39 is 44.0 Å². The van der Waals surface area contributed by atoms with Gasteiger partial charge in [-0.05, 0) is 76.5 Å². The first-order chi connectivity index (χ1) is 23.3. The largest absolute Gasteiger partial charge is 0.505 e. The number of anilines is 1. The van der Waals surface area contributed by atoms with Crippen molar-refractivity contribution in [3.63, 3.8) is 0 Å². The molecule has 0 spiro atoms. The molecule has 0 amide bonds. The third-order valence-electron chi connectivity index (χ3n) is 7.54. The Morgan fingerprint density at radius 1 is 0.592 bits per heavy atom. The Labute approximate surface area is 276 Å². The molecule has 0 saturated carbocycles. The molecule has 0 heterocycles. The number of nitrogen functional groups attached to an aromatic ring is 1. The first-order valence-electron chi connectivity index (χ1n) is 14.1. The smallest absolute Gasteiger partial charge is 0.337 e. The van der Waals surface area contributed by atoms with Gasteiger partial charge in [0.25, 0.3) is 10.1 Å². The molecular weight excluding hydrogens is 654 g/mol. The van der Waals surface area contributed by atoms with Gasteiger partial charge in [0.1, 0.15) is 27.6 Å². The van der Waals surface area contributed by atoms with E-state index in [1.165, 1.54) is 54.6 Å². The highest BCUT2D eigenvalue weighted by Gasteiger charge is 2.23. The minimum Gasteiger partial charge on any atom is -0.505 e. The van der Waals surface area contributed by atoms with Crippen LogP contribution >= 0.6 is 0 Å². The first-order valence-corrected chi connectivity index (χ1v) is 15.6. The van der Waals surface area contributed by atoms with E-state index in [1.807, 2.05) is 12.1 Å². The molecule has 49 heavy (non-hydrogen) atoms. The van der Waals surface area contributed by atoms with E-state index in [4.69, 9.17) is 5.73 Å². The van der Waals surface area contributed by atoms with Gasteiger partial charge < -0.3 is 26.2 Å². The SMILES string of the molecule is Nc1ccc2c(O)c(N=Nc3ccc(-c4ccc(N=Nc5ccc6ccccc6c5O)c(C(=O)O)c4)cc3C(=O)O)c(S(=O)(=O)O)cc2c1. The Balaban J connectivity index is 1.37. The zero-order valence-electron chi connectivity index (χ0n) is 24.9. The van der Waals surface area contributed by atoms with Gasteiger partial charge in [-0.15, -0.1) is 20.5 Å². The van der Waals surface area contributed by atoms with Crippen LogP contribution in [0.5, 0.6) is 11.5 Å². The number of azo groups is 2. The van der Waals surface area contributed by atoms with Gasteiger partial charge in [0.05, 0.1) is 11.1 Å². The molecule has 14 nitrogen and oxygen atoms in total. The van der Waals surface area contributed by atoms with Gasteiger partial charge in [0.2, 0.25) is 0 Å². The summed E-state index contributed by atoms with van der Waals surface area (Å²) < 4.78 is 34.1. The number of aromatic carboxylic acids is 2. The number of rotatable bonds is 8. The van der Waals surface area contributed by atoms with E-state index in [1.54, 1.807) is 24.3 Å². The van der Waals surface area contributed by atoms with E-state index in [0.717, 1.165) is 11.5 Å². The van der Waals surface area contributed by atoms with E-state index >= 15 is 0 Å². The second-order valence-electron chi connectivity index (χ2n) is 10.7. The maximum atomic E-state index is 12.2. The van der Waals surface area contributed by atoms with E-state index in [2.05, 4.69) is 20.5 Å². The van der Waals surface area contributed by atoms with Crippen LogP contribution in [-0.2, 0) is 10.1 Å². The molecule has 0 atom stereocenters. The third kappa shape index (κ3) is 6.34. The number of hydrogen-bond acceptors (Lipinski definition) is 11. The number of nitrogens with two attached hydrogens (primary N) is 1. The maximum Gasteiger partial charge on any atom is 0.337 e. The summed E-state index contributed by atoms with van der Waals surface area (Å²) in [5, 5.41) is 58.8. The Morgan fingerprint density at radius 3 is 1.76 bits per heavy atom. The predicted octanol–water partition coefficient (Wildman–Crippen LogP) is 8.13. The summed E-state index contributed by atoms with van der Waals surface area (Å²) in [4.78, 5) is 23.6. The molecule has 6 rings (SSSR count). The zero-order valence-corrected chi connectivity index (χ0v) is 25.7. The van der Waals surface area contributed by atoms with E-state index in [-0.39, 0.29) is 50.4 Å². The molecule has 244 valence electrons. The van der Waals surface area contributed by atoms with E-state index in [0.29, 0.717) is 10.9 Å². The Morgan fingerprint density at radius 2 is 1.14 bits per heavy atom. The Bertz CT molecular complexity index is 2530. The summed E-state index contributed by atoms with van der Waals surface area (Å²) in [5.74, 6) is -3.54. The molecule has 0 unspecified atom stereocenters. The van der Waals surface area contributed by atoms with Crippen molar-refractivity contribution in [1.29, 1.82) is 0 Å². The first kappa shape index (κ1) is 32.2. The van der Waals surface area contributed by atoms with Crippen LogP contribution in [0.25, 0.3) is 32.7 Å². The highest BCUT2D eigenvalue weighted by Crippen LogP contribution is 2.42. The van der Waals surface area contributed by atoms with Crippen molar-refractivity contribution in [2.24, 2.45) is 20.5 Å².